The fourth-order valence-corrected chi connectivity index (χ4v) is 4.83. The zero-order valence-electron chi connectivity index (χ0n) is 21.2. The molecule has 192 valence electrons. The van der Waals surface area contributed by atoms with Gasteiger partial charge < -0.3 is 10.3 Å². The second-order valence-corrected chi connectivity index (χ2v) is 9.39. The molecule has 0 aliphatic carbocycles. The molecule has 7 nitrogen and oxygen atoms in total. The normalized spacial score (nSPS) is 11.2. The van der Waals surface area contributed by atoms with Gasteiger partial charge in [0, 0.05) is 34.0 Å². The Morgan fingerprint density at radius 3 is 2.52 bits per heavy atom. The van der Waals surface area contributed by atoms with Crippen molar-refractivity contribution >= 4 is 33.3 Å². The molecule has 7 aromatic rings. The van der Waals surface area contributed by atoms with E-state index in [1.807, 2.05) is 66.7 Å². The maximum Gasteiger partial charge on any atom is 0.159 e. The molecule has 0 amide bonds. The predicted octanol–water partition coefficient (Wildman–Crippen LogP) is 7.45. The van der Waals surface area contributed by atoms with Gasteiger partial charge >= 0.3 is 0 Å². The lowest BCUT2D eigenvalue weighted by Crippen LogP contribution is -1.98. The lowest BCUT2D eigenvalue weighted by atomic mass is 10.0. The van der Waals surface area contributed by atoms with E-state index in [0.717, 1.165) is 44.6 Å². The van der Waals surface area contributed by atoms with Crippen molar-refractivity contribution in [1.29, 1.82) is 0 Å². The maximum atomic E-state index is 14.6. The second kappa shape index (κ2) is 9.59. The molecule has 3 N–H and O–H groups in total. The minimum absolute atomic E-state index is 0.293. The molecule has 8 heteroatoms. The molecule has 0 bridgehead atoms. The summed E-state index contributed by atoms with van der Waals surface area (Å²) in [5.41, 5.74) is 8.26. The van der Waals surface area contributed by atoms with Gasteiger partial charge in [-0.2, -0.15) is 5.10 Å². The van der Waals surface area contributed by atoms with Crippen molar-refractivity contribution in [1.82, 2.24) is 30.1 Å². The highest BCUT2D eigenvalue weighted by Gasteiger charge is 2.17. The number of rotatable bonds is 6. The van der Waals surface area contributed by atoms with E-state index in [4.69, 9.17) is 4.98 Å². The summed E-state index contributed by atoms with van der Waals surface area (Å²) >= 11 is 0. The molecule has 3 aromatic carbocycles. The van der Waals surface area contributed by atoms with Crippen molar-refractivity contribution in [3.8, 4) is 33.9 Å². The van der Waals surface area contributed by atoms with Gasteiger partial charge in [-0.25, -0.2) is 9.37 Å². The molecule has 4 heterocycles. The molecule has 0 atom stereocenters. The van der Waals surface area contributed by atoms with Gasteiger partial charge in [-0.15, -0.1) is 0 Å². The van der Waals surface area contributed by atoms with E-state index in [1.165, 1.54) is 6.07 Å². The minimum Gasteiger partial charge on any atom is -0.354 e. The van der Waals surface area contributed by atoms with Crippen molar-refractivity contribution < 1.29 is 4.39 Å². The number of hydrogen-bond acceptors (Lipinski definition) is 5. The van der Waals surface area contributed by atoms with Gasteiger partial charge in [0.2, 0.25) is 0 Å². The third-order valence-electron chi connectivity index (χ3n) is 6.80. The molecule has 40 heavy (non-hydrogen) atoms. The number of pyridine rings is 2. The van der Waals surface area contributed by atoms with Crippen molar-refractivity contribution in [3.05, 3.63) is 121 Å². The average Bonchev–Trinajstić information content (AvgIpc) is 3.62. The van der Waals surface area contributed by atoms with Crippen LogP contribution in [-0.2, 0) is 0 Å². The Morgan fingerprint density at radius 1 is 0.825 bits per heavy atom. The Hall–Kier alpha value is -5.63. The van der Waals surface area contributed by atoms with Crippen LogP contribution in [0.2, 0.25) is 0 Å². The van der Waals surface area contributed by atoms with E-state index in [2.05, 4.69) is 37.0 Å². The second-order valence-electron chi connectivity index (χ2n) is 9.39. The molecule has 0 aliphatic rings. The topological polar surface area (TPSA) is 95.2 Å². The number of anilines is 1. The van der Waals surface area contributed by atoms with Gasteiger partial charge in [-0.3, -0.25) is 15.1 Å². The van der Waals surface area contributed by atoms with Crippen LogP contribution in [0.5, 0.6) is 0 Å². The van der Waals surface area contributed by atoms with Crippen LogP contribution in [0.3, 0.4) is 0 Å². The van der Waals surface area contributed by atoms with Crippen LogP contribution in [0.4, 0.5) is 10.1 Å². The molecule has 0 aliphatic heterocycles. The van der Waals surface area contributed by atoms with Gasteiger partial charge in [0.15, 0.2) is 5.82 Å². The fourth-order valence-electron chi connectivity index (χ4n) is 4.83. The molecule has 0 fully saturated rings. The number of imidazole rings is 1. The van der Waals surface area contributed by atoms with Crippen molar-refractivity contribution in [3.63, 3.8) is 0 Å². The lowest BCUT2D eigenvalue weighted by molar-refractivity contribution is 0.631. The molecule has 7 rings (SSSR count). The van der Waals surface area contributed by atoms with Gasteiger partial charge in [0.05, 0.1) is 40.3 Å². The van der Waals surface area contributed by atoms with Crippen molar-refractivity contribution in [2.75, 3.05) is 5.32 Å². The summed E-state index contributed by atoms with van der Waals surface area (Å²) in [6.07, 6.45) is 5.27. The largest absolute Gasteiger partial charge is 0.354 e. The summed E-state index contributed by atoms with van der Waals surface area (Å²) in [5, 5.41) is 11.8. The van der Waals surface area contributed by atoms with E-state index in [1.54, 1.807) is 30.7 Å². The molecular weight excluding hydrogens is 501 g/mol. The first-order chi connectivity index (χ1) is 19.6. The van der Waals surface area contributed by atoms with E-state index < -0.39 is 0 Å². The molecule has 0 unspecified atom stereocenters. The van der Waals surface area contributed by atoms with Crippen LogP contribution in [0.15, 0.2) is 110 Å². The SMILES string of the molecule is C=C(Nc1cncc(-c2cc3c(-c4nc5c(-c6ccccc6F)cccc5[nH]4)n[nH]c3cn2)c1)c1ccccc1. The number of fused-ring (bicyclic) bond motifs is 2. The van der Waals surface area contributed by atoms with Crippen LogP contribution >= 0.6 is 0 Å². The predicted molar refractivity (Wildman–Crippen MR) is 157 cm³/mol. The molecule has 0 saturated heterocycles. The van der Waals surface area contributed by atoms with Crippen LogP contribution in [0.25, 0.3) is 61.5 Å². The summed E-state index contributed by atoms with van der Waals surface area (Å²) < 4.78 is 14.6. The molecule has 0 radical (unpaired) electrons. The summed E-state index contributed by atoms with van der Waals surface area (Å²) in [5.74, 6) is 0.285. The van der Waals surface area contributed by atoms with Crippen molar-refractivity contribution in [2.24, 2.45) is 0 Å². The smallest absolute Gasteiger partial charge is 0.159 e. The number of benzene rings is 3. The maximum absolute atomic E-state index is 14.6. The van der Waals surface area contributed by atoms with Crippen LogP contribution < -0.4 is 5.32 Å². The Labute approximate surface area is 228 Å². The van der Waals surface area contributed by atoms with Crippen LogP contribution in [0, 0.1) is 5.82 Å². The summed E-state index contributed by atoms with van der Waals surface area (Å²) in [6, 6.07) is 26.2. The lowest BCUT2D eigenvalue weighted by Gasteiger charge is -2.10. The van der Waals surface area contributed by atoms with E-state index in [9.17, 15) is 4.39 Å². The van der Waals surface area contributed by atoms with Gasteiger partial charge in [-0.1, -0.05) is 67.2 Å². The first-order valence-corrected chi connectivity index (χ1v) is 12.7. The van der Waals surface area contributed by atoms with Crippen LogP contribution in [-0.4, -0.2) is 30.1 Å². The molecule has 0 saturated carbocycles. The number of para-hydroxylation sites is 1. The quantitative estimate of drug-likeness (QED) is 0.210. The Kier molecular flexibility index (Phi) is 5.63. The summed E-state index contributed by atoms with van der Waals surface area (Å²) in [4.78, 5) is 17.2. The zero-order chi connectivity index (χ0) is 27.1. The van der Waals surface area contributed by atoms with E-state index in [0.29, 0.717) is 28.2 Å². The van der Waals surface area contributed by atoms with E-state index in [-0.39, 0.29) is 5.82 Å². The minimum atomic E-state index is -0.293. The first kappa shape index (κ1) is 23.5. The molecular formula is C32H22FN7. The zero-order valence-corrected chi connectivity index (χ0v) is 21.2. The monoisotopic (exact) mass is 523 g/mol. The highest BCUT2D eigenvalue weighted by atomic mass is 19.1. The Balaban J connectivity index is 1.26. The van der Waals surface area contributed by atoms with E-state index >= 15 is 0 Å². The van der Waals surface area contributed by atoms with Crippen LogP contribution in [0.1, 0.15) is 5.56 Å². The third-order valence-corrected chi connectivity index (χ3v) is 6.80. The van der Waals surface area contributed by atoms with Gasteiger partial charge in [0.25, 0.3) is 0 Å². The number of H-pyrrole nitrogens is 2. The number of aromatic nitrogens is 6. The highest BCUT2D eigenvalue weighted by Crippen LogP contribution is 2.33. The number of nitrogens with one attached hydrogen (secondary N) is 3. The average molecular weight is 524 g/mol. The first-order valence-electron chi connectivity index (χ1n) is 12.7. The number of hydrogen-bond donors (Lipinski definition) is 3. The van der Waals surface area contributed by atoms with Crippen molar-refractivity contribution in [2.45, 2.75) is 0 Å². The standard InChI is InChI=1S/C32H22FN7/c1-19(20-8-3-2-4-9-20)36-22-14-21(16-34-17-22)28-15-25-29(18-35-28)39-40-31(25)32-37-27-13-7-11-24(30(27)38-32)23-10-5-6-12-26(23)33/h2-18,36H,1H2,(H,37,38)(H,39,40). The van der Waals surface area contributed by atoms with Gasteiger partial charge in [0.1, 0.15) is 11.5 Å². The highest BCUT2D eigenvalue weighted by molar-refractivity contribution is 5.98. The fraction of sp³-hybridized carbons (Fsp3) is 0. The Bertz CT molecular complexity index is 2020. The van der Waals surface area contributed by atoms with Gasteiger partial charge in [-0.05, 0) is 29.8 Å². The summed E-state index contributed by atoms with van der Waals surface area (Å²) in [7, 11) is 0. The molecule has 4 aromatic heterocycles. The number of nitrogens with zero attached hydrogens (tertiary/aromatic N) is 4. The number of halogens is 1. The molecule has 0 spiro atoms. The Morgan fingerprint density at radius 2 is 1.65 bits per heavy atom. The number of aromatic amines is 2. The summed E-state index contributed by atoms with van der Waals surface area (Å²) in [6.45, 7) is 4.15. The third kappa shape index (κ3) is 4.17.